The normalized spacial score (nSPS) is 10.1. The monoisotopic (exact) mass is 299 g/mol. The molecule has 0 saturated carbocycles. The van der Waals surface area contributed by atoms with Gasteiger partial charge in [0.15, 0.2) is 0 Å². The van der Waals surface area contributed by atoms with E-state index in [4.69, 9.17) is 9.47 Å². The molecule has 4 nitrogen and oxygen atoms in total. The van der Waals surface area contributed by atoms with Gasteiger partial charge in [0.1, 0.15) is 11.5 Å². The van der Waals surface area contributed by atoms with Crippen molar-refractivity contribution in [1.82, 2.24) is 0 Å². The van der Waals surface area contributed by atoms with E-state index in [1.54, 1.807) is 7.11 Å². The van der Waals surface area contributed by atoms with Crippen LogP contribution in [0, 0.1) is 13.8 Å². The molecule has 0 spiro atoms. The van der Waals surface area contributed by atoms with Gasteiger partial charge in [0.2, 0.25) is 5.91 Å². The van der Waals surface area contributed by atoms with Gasteiger partial charge in [-0.1, -0.05) is 24.3 Å². The Morgan fingerprint density at radius 1 is 1.09 bits per heavy atom. The summed E-state index contributed by atoms with van der Waals surface area (Å²) in [5.41, 5.74) is 2.87. The van der Waals surface area contributed by atoms with Crippen molar-refractivity contribution < 1.29 is 14.3 Å². The van der Waals surface area contributed by atoms with Crippen LogP contribution in [-0.4, -0.2) is 19.6 Å². The zero-order chi connectivity index (χ0) is 15.9. The van der Waals surface area contributed by atoms with Crippen LogP contribution in [0.15, 0.2) is 42.5 Å². The lowest BCUT2D eigenvalue weighted by Gasteiger charge is -2.11. The third-order valence-electron chi connectivity index (χ3n) is 3.31. The molecule has 116 valence electrons. The fraction of sp³-hybridized carbons (Fsp3) is 0.278. The first kappa shape index (κ1) is 15.9. The minimum Gasteiger partial charge on any atom is -0.495 e. The third-order valence-corrected chi connectivity index (χ3v) is 3.31. The number of para-hydroxylation sites is 2. The lowest BCUT2D eigenvalue weighted by molar-refractivity contribution is -0.116. The highest BCUT2D eigenvalue weighted by molar-refractivity contribution is 5.92. The quantitative estimate of drug-likeness (QED) is 0.884. The van der Waals surface area contributed by atoms with Gasteiger partial charge in [0.05, 0.1) is 25.8 Å². The van der Waals surface area contributed by atoms with Gasteiger partial charge >= 0.3 is 0 Å². The molecule has 0 aromatic heterocycles. The number of anilines is 1. The second kappa shape index (κ2) is 7.50. The molecule has 2 aromatic carbocycles. The number of aryl methyl sites for hydroxylation is 2. The molecule has 2 aromatic rings. The van der Waals surface area contributed by atoms with Gasteiger partial charge in [-0.05, 0) is 43.2 Å². The molecule has 4 heteroatoms. The van der Waals surface area contributed by atoms with Crippen LogP contribution >= 0.6 is 0 Å². The van der Waals surface area contributed by atoms with Gasteiger partial charge in [-0.2, -0.15) is 0 Å². The van der Waals surface area contributed by atoms with Crippen LogP contribution in [0.1, 0.15) is 17.5 Å². The molecule has 0 aliphatic rings. The highest BCUT2D eigenvalue weighted by Crippen LogP contribution is 2.23. The summed E-state index contributed by atoms with van der Waals surface area (Å²) < 4.78 is 10.9. The second-order valence-electron chi connectivity index (χ2n) is 5.12. The first-order valence-electron chi connectivity index (χ1n) is 7.23. The van der Waals surface area contributed by atoms with E-state index >= 15 is 0 Å². The number of amides is 1. The largest absolute Gasteiger partial charge is 0.495 e. The summed E-state index contributed by atoms with van der Waals surface area (Å²) in [5, 5.41) is 2.83. The summed E-state index contributed by atoms with van der Waals surface area (Å²) in [4.78, 5) is 12.0. The topological polar surface area (TPSA) is 47.6 Å². The predicted molar refractivity (Wildman–Crippen MR) is 87.7 cm³/mol. The van der Waals surface area contributed by atoms with Crippen molar-refractivity contribution in [1.29, 1.82) is 0 Å². The molecule has 2 rings (SSSR count). The van der Waals surface area contributed by atoms with Crippen LogP contribution in [-0.2, 0) is 4.79 Å². The molecule has 0 bridgehead atoms. The van der Waals surface area contributed by atoms with Crippen LogP contribution in [0.2, 0.25) is 0 Å². The predicted octanol–water partition coefficient (Wildman–Crippen LogP) is 3.72. The van der Waals surface area contributed by atoms with Gasteiger partial charge in [-0.15, -0.1) is 0 Å². The molecule has 0 aliphatic carbocycles. The minimum absolute atomic E-state index is 0.102. The minimum atomic E-state index is -0.102. The first-order chi connectivity index (χ1) is 10.6. The van der Waals surface area contributed by atoms with E-state index in [0.717, 1.165) is 16.9 Å². The van der Waals surface area contributed by atoms with E-state index in [1.807, 2.05) is 56.3 Å². The maximum Gasteiger partial charge on any atom is 0.227 e. The zero-order valence-electron chi connectivity index (χ0n) is 13.2. The van der Waals surface area contributed by atoms with Crippen molar-refractivity contribution in [3.05, 3.63) is 53.6 Å². The molecule has 0 atom stereocenters. The third kappa shape index (κ3) is 4.25. The van der Waals surface area contributed by atoms with Crippen LogP contribution in [0.5, 0.6) is 11.5 Å². The first-order valence-corrected chi connectivity index (χ1v) is 7.23. The van der Waals surface area contributed by atoms with Crippen LogP contribution in [0.25, 0.3) is 0 Å². The van der Waals surface area contributed by atoms with E-state index in [1.165, 1.54) is 0 Å². The Bertz CT molecular complexity index is 653. The number of methoxy groups -OCH3 is 1. The van der Waals surface area contributed by atoms with Crippen molar-refractivity contribution in [2.45, 2.75) is 20.3 Å². The Morgan fingerprint density at radius 3 is 2.64 bits per heavy atom. The van der Waals surface area contributed by atoms with Crippen LogP contribution in [0.4, 0.5) is 5.69 Å². The van der Waals surface area contributed by atoms with E-state index in [2.05, 4.69) is 5.32 Å². The standard InChI is InChI=1S/C18H21NO3/c1-13-8-9-14(2)17(12-13)22-11-10-18(20)19-15-6-4-5-7-16(15)21-3/h4-9,12H,10-11H2,1-3H3,(H,19,20). The Balaban J connectivity index is 1.87. The SMILES string of the molecule is COc1ccccc1NC(=O)CCOc1cc(C)ccc1C. The Kier molecular flexibility index (Phi) is 5.42. The fourth-order valence-electron chi connectivity index (χ4n) is 2.08. The van der Waals surface area contributed by atoms with Gasteiger partial charge in [0.25, 0.3) is 0 Å². The Hall–Kier alpha value is -2.49. The summed E-state index contributed by atoms with van der Waals surface area (Å²) in [6.07, 6.45) is 0.283. The molecular weight excluding hydrogens is 278 g/mol. The van der Waals surface area contributed by atoms with Crippen LogP contribution in [0.3, 0.4) is 0 Å². The summed E-state index contributed by atoms with van der Waals surface area (Å²) in [7, 11) is 1.58. The van der Waals surface area contributed by atoms with E-state index in [0.29, 0.717) is 18.0 Å². The average molecular weight is 299 g/mol. The molecule has 1 amide bonds. The van der Waals surface area contributed by atoms with E-state index in [9.17, 15) is 4.79 Å². The number of carbonyl (C=O) groups excluding carboxylic acids is 1. The van der Waals surface area contributed by atoms with Gasteiger partial charge in [-0.25, -0.2) is 0 Å². The number of benzene rings is 2. The number of nitrogens with one attached hydrogen (secondary N) is 1. The van der Waals surface area contributed by atoms with Crippen molar-refractivity contribution in [2.24, 2.45) is 0 Å². The zero-order valence-corrected chi connectivity index (χ0v) is 13.2. The lowest BCUT2D eigenvalue weighted by Crippen LogP contribution is -2.15. The summed E-state index contributed by atoms with van der Waals surface area (Å²) in [6.45, 7) is 4.34. The Labute approximate surface area is 131 Å². The molecule has 0 saturated heterocycles. The fourth-order valence-corrected chi connectivity index (χ4v) is 2.08. The molecular formula is C18H21NO3. The van der Waals surface area contributed by atoms with Gasteiger partial charge in [0, 0.05) is 0 Å². The highest BCUT2D eigenvalue weighted by Gasteiger charge is 2.07. The van der Waals surface area contributed by atoms with Crippen molar-refractivity contribution in [3.8, 4) is 11.5 Å². The average Bonchev–Trinajstić information content (AvgIpc) is 2.51. The van der Waals surface area contributed by atoms with Crippen molar-refractivity contribution in [2.75, 3.05) is 19.0 Å². The summed E-state index contributed by atoms with van der Waals surface area (Å²) in [6, 6.07) is 13.4. The molecule has 0 fully saturated rings. The lowest BCUT2D eigenvalue weighted by atomic mass is 10.1. The molecule has 0 unspecified atom stereocenters. The number of hydrogen-bond donors (Lipinski definition) is 1. The summed E-state index contributed by atoms with van der Waals surface area (Å²) >= 11 is 0. The maximum absolute atomic E-state index is 12.0. The number of ether oxygens (including phenoxy) is 2. The second-order valence-corrected chi connectivity index (χ2v) is 5.12. The van der Waals surface area contributed by atoms with E-state index < -0.39 is 0 Å². The van der Waals surface area contributed by atoms with E-state index in [-0.39, 0.29) is 12.3 Å². The maximum atomic E-state index is 12.0. The van der Waals surface area contributed by atoms with Gasteiger partial charge in [-0.3, -0.25) is 4.79 Å². The Morgan fingerprint density at radius 2 is 1.86 bits per heavy atom. The highest BCUT2D eigenvalue weighted by atomic mass is 16.5. The van der Waals surface area contributed by atoms with Crippen molar-refractivity contribution in [3.63, 3.8) is 0 Å². The number of hydrogen-bond acceptors (Lipinski definition) is 3. The molecule has 1 N–H and O–H groups in total. The molecule has 22 heavy (non-hydrogen) atoms. The molecule has 0 aliphatic heterocycles. The smallest absolute Gasteiger partial charge is 0.227 e. The number of carbonyl (C=O) groups is 1. The van der Waals surface area contributed by atoms with Crippen molar-refractivity contribution >= 4 is 11.6 Å². The molecule has 0 heterocycles. The number of rotatable bonds is 6. The molecule has 0 radical (unpaired) electrons. The summed E-state index contributed by atoms with van der Waals surface area (Å²) in [5.74, 6) is 1.37. The van der Waals surface area contributed by atoms with Crippen LogP contribution < -0.4 is 14.8 Å². The van der Waals surface area contributed by atoms with Gasteiger partial charge < -0.3 is 14.8 Å².